The van der Waals surface area contributed by atoms with Crippen LogP contribution in [0.5, 0.6) is 23.0 Å². The number of rotatable bonds is 5. The second-order valence-electron chi connectivity index (χ2n) is 5.96. The van der Waals surface area contributed by atoms with Crippen LogP contribution in [-0.4, -0.2) is 26.5 Å². The fourth-order valence-electron chi connectivity index (χ4n) is 3.00. The van der Waals surface area contributed by atoms with Gasteiger partial charge in [0.2, 0.25) is 6.79 Å². The van der Waals surface area contributed by atoms with Gasteiger partial charge in [0, 0.05) is 17.5 Å². The van der Waals surface area contributed by atoms with Gasteiger partial charge in [-0.25, -0.2) is 0 Å². The zero-order valence-corrected chi connectivity index (χ0v) is 13.8. The molecule has 0 spiro atoms. The van der Waals surface area contributed by atoms with Crippen molar-refractivity contribution in [3.63, 3.8) is 0 Å². The Hall–Kier alpha value is -2.89. The minimum atomic E-state index is -0.232. The van der Waals surface area contributed by atoms with Gasteiger partial charge < -0.3 is 23.7 Å². The molecule has 0 amide bonds. The number of esters is 1. The lowest BCUT2D eigenvalue weighted by atomic mass is 9.98. The van der Waals surface area contributed by atoms with E-state index in [1.54, 1.807) is 0 Å². The molecule has 0 N–H and O–H groups in total. The molecule has 2 aromatic rings. The molecular formula is C19H18O6. The lowest BCUT2D eigenvalue weighted by molar-refractivity contribution is -0.141. The number of hydrogen-bond acceptors (Lipinski definition) is 6. The van der Waals surface area contributed by atoms with Crippen molar-refractivity contribution in [2.45, 2.75) is 18.9 Å². The molecule has 4 rings (SSSR count). The van der Waals surface area contributed by atoms with Crippen molar-refractivity contribution in [2.75, 3.05) is 20.5 Å². The summed E-state index contributed by atoms with van der Waals surface area (Å²) in [6, 6.07) is 11.4. The van der Waals surface area contributed by atoms with E-state index in [0.717, 1.165) is 34.1 Å². The Kier molecular flexibility index (Phi) is 4.09. The molecule has 0 aliphatic carbocycles. The van der Waals surface area contributed by atoms with Gasteiger partial charge in [-0.15, -0.1) is 0 Å². The summed E-state index contributed by atoms with van der Waals surface area (Å²) in [5.74, 6) is 2.78. The maximum Gasteiger partial charge on any atom is 0.306 e. The van der Waals surface area contributed by atoms with Crippen LogP contribution in [0.2, 0.25) is 0 Å². The third-order valence-electron chi connectivity index (χ3n) is 4.35. The second kappa shape index (κ2) is 6.55. The molecule has 0 bridgehead atoms. The first kappa shape index (κ1) is 15.6. The van der Waals surface area contributed by atoms with E-state index in [1.807, 2.05) is 36.4 Å². The van der Waals surface area contributed by atoms with Crippen LogP contribution in [0.1, 0.15) is 23.5 Å². The van der Waals surface area contributed by atoms with Crippen molar-refractivity contribution < 1.29 is 28.5 Å². The molecule has 2 aliphatic heterocycles. The summed E-state index contributed by atoms with van der Waals surface area (Å²) in [5.41, 5.74) is 2.01. The van der Waals surface area contributed by atoms with E-state index in [2.05, 4.69) is 0 Å². The molecule has 6 nitrogen and oxygen atoms in total. The highest BCUT2D eigenvalue weighted by molar-refractivity contribution is 5.71. The number of benzene rings is 2. The minimum absolute atomic E-state index is 0.0327. The third kappa shape index (κ3) is 3.20. The number of methoxy groups -OCH3 is 1. The Morgan fingerprint density at radius 3 is 2.84 bits per heavy atom. The molecule has 0 saturated carbocycles. The highest BCUT2D eigenvalue weighted by atomic mass is 16.7. The fourth-order valence-corrected chi connectivity index (χ4v) is 3.00. The zero-order valence-electron chi connectivity index (χ0n) is 13.8. The second-order valence-corrected chi connectivity index (χ2v) is 5.96. The number of ether oxygens (including phenoxy) is 5. The smallest absolute Gasteiger partial charge is 0.306 e. The molecular weight excluding hydrogens is 324 g/mol. The quantitative estimate of drug-likeness (QED) is 0.778. The van der Waals surface area contributed by atoms with Crippen LogP contribution >= 0.6 is 0 Å². The number of fused-ring (bicyclic) bond motifs is 2. The van der Waals surface area contributed by atoms with E-state index in [1.165, 1.54) is 7.11 Å². The van der Waals surface area contributed by atoms with Crippen molar-refractivity contribution >= 4 is 5.97 Å². The standard InChI is InChI=1S/C19H18O6/c1-21-19(20)7-13-10-23-17-8-14(3-4-15(13)17)22-9-12-2-5-16-18(6-12)25-11-24-16/h2-6,8,13H,7,9-11H2,1H3. The topological polar surface area (TPSA) is 63.2 Å². The van der Waals surface area contributed by atoms with E-state index in [0.29, 0.717) is 19.6 Å². The molecule has 2 aromatic carbocycles. The van der Waals surface area contributed by atoms with Gasteiger partial charge in [0.15, 0.2) is 11.5 Å². The molecule has 1 atom stereocenters. The predicted octanol–water partition coefficient (Wildman–Crippen LogP) is 3.03. The lowest BCUT2D eigenvalue weighted by Gasteiger charge is -2.09. The molecule has 0 fully saturated rings. The monoisotopic (exact) mass is 342 g/mol. The molecule has 0 radical (unpaired) electrons. The molecule has 2 aliphatic rings. The van der Waals surface area contributed by atoms with Crippen LogP contribution in [0.15, 0.2) is 36.4 Å². The van der Waals surface area contributed by atoms with Crippen LogP contribution in [-0.2, 0) is 16.1 Å². The van der Waals surface area contributed by atoms with Crippen LogP contribution < -0.4 is 18.9 Å². The van der Waals surface area contributed by atoms with E-state index in [-0.39, 0.29) is 18.7 Å². The fraction of sp³-hybridized carbons (Fsp3) is 0.316. The summed E-state index contributed by atoms with van der Waals surface area (Å²) in [6.07, 6.45) is 0.320. The Morgan fingerprint density at radius 2 is 1.96 bits per heavy atom. The van der Waals surface area contributed by atoms with Crippen molar-refractivity contribution in [1.82, 2.24) is 0 Å². The molecule has 2 heterocycles. The molecule has 1 unspecified atom stereocenters. The SMILES string of the molecule is COC(=O)CC1COc2cc(OCc3ccc4c(c3)OCO4)ccc21. The van der Waals surface area contributed by atoms with Crippen molar-refractivity contribution in [1.29, 1.82) is 0 Å². The third-order valence-corrected chi connectivity index (χ3v) is 4.35. The van der Waals surface area contributed by atoms with Gasteiger partial charge in [-0.05, 0) is 23.8 Å². The molecule has 0 aromatic heterocycles. The normalized spacial score (nSPS) is 16.9. The van der Waals surface area contributed by atoms with Gasteiger partial charge in [-0.3, -0.25) is 4.79 Å². The largest absolute Gasteiger partial charge is 0.492 e. The molecule has 6 heteroatoms. The first-order chi connectivity index (χ1) is 12.2. The maximum absolute atomic E-state index is 11.5. The first-order valence-corrected chi connectivity index (χ1v) is 8.08. The van der Waals surface area contributed by atoms with Gasteiger partial charge in [0.25, 0.3) is 0 Å². The van der Waals surface area contributed by atoms with Crippen molar-refractivity contribution in [3.8, 4) is 23.0 Å². The number of carbonyl (C=O) groups excluding carboxylic acids is 1. The molecule has 25 heavy (non-hydrogen) atoms. The summed E-state index contributed by atoms with van der Waals surface area (Å²) in [4.78, 5) is 11.5. The summed E-state index contributed by atoms with van der Waals surface area (Å²) >= 11 is 0. The van der Waals surface area contributed by atoms with Crippen LogP contribution in [0, 0.1) is 0 Å². The van der Waals surface area contributed by atoms with Gasteiger partial charge in [0.1, 0.15) is 18.1 Å². The van der Waals surface area contributed by atoms with Crippen molar-refractivity contribution in [3.05, 3.63) is 47.5 Å². The Balaban J connectivity index is 1.42. The zero-order chi connectivity index (χ0) is 17.2. The Bertz CT molecular complexity index is 800. The first-order valence-electron chi connectivity index (χ1n) is 8.08. The number of hydrogen-bond donors (Lipinski definition) is 0. The van der Waals surface area contributed by atoms with Crippen LogP contribution in [0.3, 0.4) is 0 Å². The number of carbonyl (C=O) groups is 1. The van der Waals surface area contributed by atoms with E-state index < -0.39 is 0 Å². The summed E-state index contributed by atoms with van der Waals surface area (Å²) in [7, 11) is 1.39. The van der Waals surface area contributed by atoms with E-state index >= 15 is 0 Å². The van der Waals surface area contributed by atoms with E-state index in [9.17, 15) is 4.79 Å². The minimum Gasteiger partial charge on any atom is -0.492 e. The van der Waals surface area contributed by atoms with Gasteiger partial charge in [0.05, 0.1) is 20.1 Å². The van der Waals surface area contributed by atoms with Crippen LogP contribution in [0.25, 0.3) is 0 Å². The summed E-state index contributed by atoms with van der Waals surface area (Å²) in [6.45, 7) is 1.16. The van der Waals surface area contributed by atoms with Gasteiger partial charge >= 0.3 is 5.97 Å². The average molecular weight is 342 g/mol. The molecule has 0 saturated heterocycles. The van der Waals surface area contributed by atoms with Gasteiger partial charge in [-0.1, -0.05) is 12.1 Å². The summed E-state index contributed by atoms with van der Waals surface area (Å²) in [5, 5.41) is 0. The van der Waals surface area contributed by atoms with Gasteiger partial charge in [-0.2, -0.15) is 0 Å². The highest BCUT2D eigenvalue weighted by Crippen LogP contribution is 2.39. The van der Waals surface area contributed by atoms with E-state index in [4.69, 9.17) is 23.7 Å². The van der Waals surface area contributed by atoms with Crippen LogP contribution in [0.4, 0.5) is 0 Å². The predicted molar refractivity (Wildman–Crippen MR) is 88.2 cm³/mol. The molecule has 130 valence electrons. The average Bonchev–Trinajstić information content (AvgIpc) is 3.26. The summed E-state index contributed by atoms with van der Waals surface area (Å²) < 4.78 is 26.9. The Labute approximate surface area is 145 Å². The highest BCUT2D eigenvalue weighted by Gasteiger charge is 2.27. The van der Waals surface area contributed by atoms with Crippen molar-refractivity contribution in [2.24, 2.45) is 0 Å². The Morgan fingerprint density at radius 1 is 1.08 bits per heavy atom. The lowest BCUT2D eigenvalue weighted by Crippen LogP contribution is -2.09. The maximum atomic E-state index is 11.5.